The summed E-state index contributed by atoms with van der Waals surface area (Å²) in [6.45, 7) is 5.79. The van der Waals surface area contributed by atoms with E-state index >= 15 is 0 Å². The zero-order valence-corrected chi connectivity index (χ0v) is 26.8. The van der Waals surface area contributed by atoms with Crippen LogP contribution in [0, 0.1) is 23.2 Å². The Hall–Kier alpha value is -2.59. The Morgan fingerprint density at radius 2 is 1.95 bits per heavy atom. The van der Waals surface area contributed by atoms with Crippen molar-refractivity contribution in [1.82, 2.24) is 0 Å². The lowest BCUT2D eigenvalue weighted by atomic mass is 9.62. The first-order valence-electron chi connectivity index (χ1n) is 15.1. The molecular weight excluding hydrogens is 588 g/mol. The van der Waals surface area contributed by atoms with Crippen molar-refractivity contribution >= 4 is 33.3 Å². The van der Waals surface area contributed by atoms with Gasteiger partial charge in [-0.15, -0.1) is 0 Å². The highest BCUT2D eigenvalue weighted by atomic mass is 35.5. The third-order valence-electron chi connectivity index (χ3n) is 9.56. The number of anilines is 1. The number of ether oxygens (including phenoxy) is 2. The number of carboxylic acids is 1. The minimum Gasteiger partial charge on any atom is -0.491 e. The molecule has 1 fully saturated rings. The average molecular weight is 631 g/mol. The van der Waals surface area contributed by atoms with Crippen molar-refractivity contribution in [3.63, 3.8) is 0 Å². The number of methoxy groups -OCH3 is 1. The first-order valence-corrected chi connectivity index (χ1v) is 17.2. The van der Waals surface area contributed by atoms with Gasteiger partial charge < -0.3 is 19.5 Å². The van der Waals surface area contributed by atoms with Crippen molar-refractivity contribution in [3.05, 3.63) is 69.8 Å². The number of aryl methyl sites for hydroxylation is 1. The molecule has 1 aliphatic heterocycles. The summed E-state index contributed by atoms with van der Waals surface area (Å²) >= 11 is 6.39. The summed E-state index contributed by atoms with van der Waals surface area (Å²) in [7, 11) is -1.82. The number of nitrogens with two attached hydrogens (primary N) is 1. The molecule has 0 amide bonds. The number of rotatable bonds is 9. The molecule has 4 atom stereocenters. The predicted molar refractivity (Wildman–Crippen MR) is 169 cm³/mol. The van der Waals surface area contributed by atoms with Gasteiger partial charge in [0.05, 0.1) is 29.7 Å². The van der Waals surface area contributed by atoms with Crippen molar-refractivity contribution in [2.45, 2.75) is 65.0 Å². The van der Waals surface area contributed by atoms with Crippen LogP contribution in [0.2, 0.25) is 5.02 Å². The lowest BCUT2D eigenvalue weighted by Crippen LogP contribution is -2.47. The molecule has 3 aliphatic rings. The van der Waals surface area contributed by atoms with E-state index in [1.165, 1.54) is 16.7 Å². The van der Waals surface area contributed by atoms with Gasteiger partial charge in [0, 0.05) is 25.2 Å². The molecule has 0 aromatic heterocycles. The van der Waals surface area contributed by atoms with E-state index in [4.69, 9.17) is 26.2 Å². The van der Waals surface area contributed by atoms with Gasteiger partial charge in [-0.05, 0) is 109 Å². The van der Waals surface area contributed by atoms with Gasteiger partial charge in [0.15, 0.2) is 0 Å². The number of hydrogen-bond donors (Lipinski definition) is 2. The van der Waals surface area contributed by atoms with Gasteiger partial charge in [-0.1, -0.05) is 37.6 Å². The van der Waals surface area contributed by atoms with E-state index in [1.54, 1.807) is 25.3 Å². The van der Waals surface area contributed by atoms with Gasteiger partial charge in [-0.3, -0.25) is 0 Å². The Kier molecular flexibility index (Phi) is 9.47. The minimum atomic E-state index is -3.57. The van der Waals surface area contributed by atoms with Crippen LogP contribution >= 0.6 is 11.6 Å². The van der Waals surface area contributed by atoms with Crippen LogP contribution in [0.4, 0.5) is 5.69 Å². The standard InChI is InChI=1S/C33H43ClN2O6S/c1-33(2,20-43(35,39)40)26-14-25(15-26)31(41-3)28-11-8-24(28)19-36-18-23-7-10-27(34)16-21(23)6-4-5-13-42-30-12-9-22(32(37)38)17-29(30)36/h7,9-10,12,14,16-17,24,26,28,31H,4-6,8,11,13,15,18-20H2,1-3H3,(H,37,38)(H2,35,39,40)/t24-,26?,28+,31-/m0/s1. The molecule has 2 aromatic carbocycles. The van der Waals surface area contributed by atoms with Crippen LogP contribution in [0.5, 0.6) is 5.75 Å². The van der Waals surface area contributed by atoms with Gasteiger partial charge in [-0.25, -0.2) is 18.4 Å². The van der Waals surface area contributed by atoms with E-state index < -0.39 is 21.4 Å². The van der Waals surface area contributed by atoms with E-state index in [-0.39, 0.29) is 23.3 Å². The third kappa shape index (κ3) is 7.39. The van der Waals surface area contributed by atoms with E-state index in [0.717, 1.165) is 50.8 Å². The second kappa shape index (κ2) is 12.8. The van der Waals surface area contributed by atoms with Crippen molar-refractivity contribution < 1.29 is 27.8 Å². The number of allylic oxidation sites excluding steroid dienone is 1. The maximum absolute atomic E-state index is 12.0. The van der Waals surface area contributed by atoms with E-state index in [2.05, 4.69) is 17.0 Å². The number of hydrogen-bond acceptors (Lipinski definition) is 6. The Balaban J connectivity index is 1.42. The van der Waals surface area contributed by atoms with Crippen LogP contribution in [0.25, 0.3) is 0 Å². The number of primary sulfonamides is 1. The number of carboxylic acid groups (broad SMARTS) is 1. The van der Waals surface area contributed by atoms with E-state index in [9.17, 15) is 18.3 Å². The molecule has 2 aliphatic carbocycles. The number of fused-ring (bicyclic) bond motifs is 2. The largest absolute Gasteiger partial charge is 0.491 e. The summed E-state index contributed by atoms with van der Waals surface area (Å²) in [4.78, 5) is 14.3. The molecule has 0 saturated heterocycles. The number of carbonyl (C=O) groups is 1. The SMILES string of the molecule is CO[C@@H](C1=CC(C(C)(C)CS(N)(=O)=O)C1)[C@@H]1CC[C@H]1CN1Cc2ccc(Cl)cc2CCCCOc2ccc(C(=O)O)cc21. The van der Waals surface area contributed by atoms with Crippen molar-refractivity contribution in [1.29, 1.82) is 0 Å². The molecule has 5 rings (SSSR count). The molecular formula is C33H43ClN2O6S. The maximum Gasteiger partial charge on any atom is 0.335 e. The first-order chi connectivity index (χ1) is 20.3. The first kappa shape index (κ1) is 31.8. The zero-order valence-electron chi connectivity index (χ0n) is 25.2. The lowest BCUT2D eigenvalue weighted by Gasteiger charge is -2.48. The van der Waals surface area contributed by atoms with Gasteiger partial charge in [0.1, 0.15) is 5.75 Å². The van der Waals surface area contributed by atoms with E-state index in [0.29, 0.717) is 35.8 Å². The number of aromatic carboxylic acids is 1. The molecule has 0 spiro atoms. The smallest absolute Gasteiger partial charge is 0.335 e. The van der Waals surface area contributed by atoms with Crippen LogP contribution in [0.1, 0.15) is 67.4 Å². The molecule has 1 unspecified atom stereocenters. The number of sulfonamides is 1. The maximum atomic E-state index is 12.0. The fourth-order valence-electron chi connectivity index (χ4n) is 6.98. The molecule has 0 radical (unpaired) electrons. The van der Waals surface area contributed by atoms with Crippen LogP contribution in [0.15, 0.2) is 48.0 Å². The highest BCUT2D eigenvalue weighted by Crippen LogP contribution is 2.49. The van der Waals surface area contributed by atoms with Gasteiger partial charge in [0.25, 0.3) is 0 Å². The predicted octanol–water partition coefficient (Wildman–Crippen LogP) is 6.06. The summed E-state index contributed by atoms with van der Waals surface area (Å²) in [5.41, 5.74) is 4.18. The van der Waals surface area contributed by atoms with Crippen LogP contribution in [-0.2, 0) is 27.7 Å². The molecule has 10 heteroatoms. The molecule has 1 saturated carbocycles. The Morgan fingerprint density at radius 3 is 2.60 bits per heavy atom. The summed E-state index contributed by atoms with van der Waals surface area (Å²) in [5.74, 6) is 0.424. The van der Waals surface area contributed by atoms with Crippen molar-refractivity contribution in [2.75, 3.05) is 30.9 Å². The fraction of sp³-hybridized carbons (Fsp3) is 0.545. The molecule has 0 bridgehead atoms. The quantitative estimate of drug-likeness (QED) is 0.323. The summed E-state index contributed by atoms with van der Waals surface area (Å²) < 4.78 is 35.9. The highest BCUT2D eigenvalue weighted by Gasteiger charge is 2.45. The Labute approximate surface area is 260 Å². The topological polar surface area (TPSA) is 119 Å². The molecule has 2 aromatic rings. The monoisotopic (exact) mass is 630 g/mol. The van der Waals surface area contributed by atoms with Gasteiger partial charge >= 0.3 is 5.97 Å². The highest BCUT2D eigenvalue weighted by molar-refractivity contribution is 7.89. The number of benzene rings is 2. The second-order valence-corrected chi connectivity index (χ2v) is 15.1. The molecule has 3 N–H and O–H groups in total. The minimum absolute atomic E-state index is 0.0450. The van der Waals surface area contributed by atoms with Crippen LogP contribution < -0.4 is 14.8 Å². The second-order valence-electron chi connectivity index (χ2n) is 13.1. The Bertz CT molecular complexity index is 1490. The summed E-state index contributed by atoms with van der Waals surface area (Å²) in [5, 5.41) is 15.9. The summed E-state index contributed by atoms with van der Waals surface area (Å²) in [6, 6.07) is 11.2. The summed E-state index contributed by atoms with van der Waals surface area (Å²) in [6.07, 6.45) is 7.76. The zero-order chi connectivity index (χ0) is 30.9. The molecule has 234 valence electrons. The number of halogens is 1. The normalized spacial score (nSPS) is 23.3. The molecule has 1 heterocycles. The van der Waals surface area contributed by atoms with E-state index in [1.807, 2.05) is 26.0 Å². The van der Waals surface area contributed by atoms with Crippen LogP contribution in [-0.4, -0.2) is 51.6 Å². The lowest BCUT2D eigenvalue weighted by molar-refractivity contribution is -0.00170. The molecule has 43 heavy (non-hydrogen) atoms. The number of nitrogens with zero attached hydrogens (tertiary/aromatic N) is 1. The average Bonchev–Trinajstić information content (AvgIpc) is 2.90. The fourth-order valence-corrected chi connectivity index (χ4v) is 8.42. The third-order valence-corrected chi connectivity index (χ3v) is 10.9. The Morgan fingerprint density at radius 1 is 1.19 bits per heavy atom. The molecule has 8 nitrogen and oxygen atoms in total. The van der Waals surface area contributed by atoms with Crippen LogP contribution in [0.3, 0.4) is 0 Å². The van der Waals surface area contributed by atoms with Crippen molar-refractivity contribution in [3.8, 4) is 5.75 Å². The van der Waals surface area contributed by atoms with Crippen molar-refractivity contribution in [2.24, 2.45) is 28.3 Å². The van der Waals surface area contributed by atoms with Gasteiger partial charge in [0.2, 0.25) is 10.0 Å². The van der Waals surface area contributed by atoms with Gasteiger partial charge in [-0.2, -0.15) is 0 Å².